The first-order chi connectivity index (χ1) is 25.5. The van der Waals surface area contributed by atoms with Crippen LogP contribution < -0.4 is 34.3 Å². The van der Waals surface area contributed by atoms with Gasteiger partial charge in [0.05, 0.1) is 37.6 Å². The van der Waals surface area contributed by atoms with Crippen molar-refractivity contribution in [1.29, 1.82) is 0 Å². The molecule has 4 bridgehead atoms. The third-order valence-corrected chi connectivity index (χ3v) is 13.2. The average Bonchev–Trinajstić information content (AvgIpc) is 3.63. The van der Waals surface area contributed by atoms with Gasteiger partial charge in [-0.05, 0) is 61.1 Å². The highest BCUT2D eigenvalue weighted by Crippen LogP contribution is 2.63. The number of aliphatic hydroxyl groups excluding tert-OH is 1. The van der Waals surface area contributed by atoms with Crippen LogP contribution in [-0.2, 0) is 32.7 Å². The summed E-state index contributed by atoms with van der Waals surface area (Å²) in [5.74, 6) is 0.890. The molecule has 7 heterocycles. The number of nitrogens with one attached hydrogen (secondary N) is 2. The van der Waals surface area contributed by atoms with E-state index in [-0.39, 0.29) is 36.4 Å². The van der Waals surface area contributed by atoms with Crippen molar-refractivity contribution in [3.05, 3.63) is 62.7 Å². The van der Waals surface area contributed by atoms with E-state index in [1.165, 1.54) is 32.9 Å². The lowest BCUT2D eigenvalue weighted by Gasteiger charge is -2.59. The Balaban J connectivity index is 1.31. The molecule has 7 aliphatic rings. The molecule has 280 valence electrons. The predicted octanol–water partition coefficient (Wildman–Crippen LogP) is 3.07. The number of esters is 2. The Morgan fingerprint density at radius 3 is 2.57 bits per heavy atom. The van der Waals surface area contributed by atoms with Gasteiger partial charge in [-0.2, -0.15) is 0 Å². The Morgan fingerprint density at radius 2 is 1.81 bits per heavy atom. The van der Waals surface area contributed by atoms with Crippen molar-refractivity contribution >= 4 is 23.7 Å². The number of phenolic OH excluding ortho intramolecular Hbond substituents is 2. The molecule has 0 aliphatic carbocycles. The van der Waals surface area contributed by atoms with Crippen molar-refractivity contribution in [2.75, 3.05) is 39.9 Å². The summed E-state index contributed by atoms with van der Waals surface area (Å²) >= 11 is 1.45. The van der Waals surface area contributed by atoms with Crippen LogP contribution in [-0.4, -0.2) is 90.4 Å². The highest BCUT2D eigenvalue weighted by atomic mass is 32.2. The lowest BCUT2D eigenvalue weighted by molar-refractivity contribution is -0.164. The summed E-state index contributed by atoms with van der Waals surface area (Å²) in [5.41, 5.74) is 4.27. The van der Waals surface area contributed by atoms with Crippen LogP contribution in [0.4, 0.5) is 0 Å². The van der Waals surface area contributed by atoms with Crippen LogP contribution in [0.25, 0.3) is 0 Å². The zero-order valence-electron chi connectivity index (χ0n) is 29.9. The molecule has 0 radical (unpaired) electrons. The number of methoxy groups -OCH3 is 2. The van der Waals surface area contributed by atoms with Crippen LogP contribution in [0.1, 0.15) is 68.8 Å². The molecule has 2 saturated heterocycles. The molecule has 2 fully saturated rings. The molecular formula is C38H41N3O11S. The molecule has 0 amide bonds. The van der Waals surface area contributed by atoms with Gasteiger partial charge in [0.2, 0.25) is 6.79 Å². The first kappa shape index (κ1) is 34.4. The second kappa shape index (κ2) is 12.3. The number of thioether (sulfide) groups is 1. The van der Waals surface area contributed by atoms with Gasteiger partial charge in [-0.1, -0.05) is 6.07 Å². The number of rotatable bonds is 3. The van der Waals surface area contributed by atoms with Gasteiger partial charge in [0, 0.05) is 47.5 Å². The predicted molar refractivity (Wildman–Crippen MR) is 190 cm³/mol. The third-order valence-electron chi connectivity index (χ3n) is 11.8. The van der Waals surface area contributed by atoms with Crippen molar-refractivity contribution < 1.29 is 53.3 Å². The monoisotopic (exact) mass is 747 g/mol. The minimum Gasteiger partial charge on any atom is -0.504 e. The number of carbonyl (C=O) groups excluding carboxylic acids is 2. The molecule has 7 atom stereocenters. The first-order valence-corrected chi connectivity index (χ1v) is 18.7. The van der Waals surface area contributed by atoms with Crippen molar-refractivity contribution in [1.82, 2.24) is 15.5 Å². The van der Waals surface area contributed by atoms with Crippen LogP contribution in [0.5, 0.6) is 40.2 Å². The summed E-state index contributed by atoms with van der Waals surface area (Å²) in [7, 11) is 2.98. The topological polar surface area (TPSA) is 178 Å². The maximum Gasteiger partial charge on any atom is 0.331 e. The molecular weight excluding hydrogens is 706 g/mol. The number of piperazine rings is 1. The summed E-state index contributed by atoms with van der Waals surface area (Å²) < 4.78 is 35.8. The van der Waals surface area contributed by atoms with Gasteiger partial charge < -0.3 is 49.1 Å². The number of aryl methyl sites for hydroxylation is 1. The normalized spacial score (nSPS) is 29.4. The van der Waals surface area contributed by atoms with E-state index in [1.807, 2.05) is 24.8 Å². The van der Waals surface area contributed by atoms with Gasteiger partial charge in [0.1, 0.15) is 18.6 Å². The average molecular weight is 748 g/mol. The quantitative estimate of drug-likeness (QED) is 0.195. The van der Waals surface area contributed by atoms with Gasteiger partial charge in [-0.15, -0.1) is 11.8 Å². The second-order valence-electron chi connectivity index (χ2n) is 14.5. The van der Waals surface area contributed by atoms with Crippen LogP contribution in [0.15, 0.2) is 18.2 Å². The fraction of sp³-hybridized carbons (Fsp3) is 0.474. The van der Waals surface area contributed by atoms with E-state index in [2.05, 4.69) is 10.6 Å². The number of aromatic hydroxyl groups is 2. The fourth-order valence-corrected chi connectivity index (χ4v) is 11.3. The Labute approximate surface area is 309 Å². The van der Waals surface area contributed by atoms with Crippen LogP contribution >= 0.6 is 11.8 Å². The second-order valence-corrected chi connectivity index (χ2v) is 15.6. The lowest BCUT2D eigenvalue weighted by atomic mass is 9.74. The molecule has 0 saturated carbocycles. The maximum absolute atomic E-state index is 14.6. The highest BCUT2D eigenvalue weighted by molar-refractivity contribution is 7.99. The molecule has 0 aromatic heterocycles. The van der Waals surface area contributed by atoms with Crippen molar-refractivity contribution in [2.45, 2.75) is 74.8 Å². The van der Waals surface area contributed by atoms with E-state index in [9.17, 15) is 24.9 Å². The van der Waals surface area contributed by atoms with Gasteiger partial charge in [-0.3, -0.25) is 15.0 Å². The smallest absolute Gasteiger partial charge is 0.331 e. The number of aliphatic hydroxyl groups is 1. The van der Waals surface area contributed by atoms with Gasteiger partial charge >= 0.3 is 11.9 Å². The van der Waals surface area contributed by atoms with E-state index in [4.69, 9.17) is 28.4 Å². The largest absolute Gasteiger partial charge is 0.504 e. The van der Waals surface area contributed by atoms with E-state index >= 15 is 0 Å². The van der Waals surface area contributed by atoms with Gasteiger partial charge in [-0.25, -0.2) is 4.79 Å². The number of ether oxygens (including phenoxy) is 6. The Morgan fingerprint density at radius 1 is 1.02 bits per heavy atom. The van der Waals surface area contributed by atoms with E-state index in [1.54, 1.807) is 12.1 Å². The molecule has 5 N–H and O–H groups in total. The number of carbonyl (C=O) groups is 2. The first-order valence-electron chi connectivity index (χ1n) is 17.7. The summed E-state index contributed by atoms with van der Waals surface area (Å²) in [5, 5.41) is 41.5. The SMILES string of the molecule is COc1cc2c(cc1O)CCN[C@]21CS[C@@H]2c3c(OC(C)=O)c(C)c4c(c3[C@@H](COC1=O)N1C2C2N[C@@H](Cc3cc(C)c(OC)c(O)c32)[C@@H]1O)OCO4. The molecule has 7 aliphatic heterocycles. The van der Waals surface area contributed by atoms with Crippen LogP contribution in [0.2, 0.25) is 0 Å². The maximum atomic E-state index is 14.6. The molecule has 2 unspecified atom stereocenters. The minimum absolute atomic E-state index is 0.0210. The summed E-state index contributed by atoms with van der Waals surface area (Å²) in [6, 6.07) is 2.99. The number of nitrogens with zero attached hydrogens (tertiary/aromatic N) is 1. The number of phenols is 2. The standard InChI is InChI=1S/C38H41N3O11S/c1-15-8-19-9-21-36(45)41-22-12-49-37(46)38(20-11-24(47-4)23(43)10-18(20)6-7-39-38)13-53-35(29(41)28(40-21)25(19)30(44)31(15)48-5)27-26(22)34-33(50-14-51-34)16(2)32(27)52-17(3)42/h8,10-11,21-22,28-29,35-36,39-40,43-45H,6-7,9,12-14H2,1-5H3/t21-,22+,28?,29?,35+,36-,38+/m0/s1. The summed E-state index contributed by atoms with van der Waals surface area (Å²) in [4.78, 5) is 29.4. The molecule has 3 aromatic rings. The van der Waals surface area contributed by atoms with E-state index in [0.717, 1.165) is 16.7 Å². The lowest BCUT2D eigenvalue weighted by Crippen LogP contribution is -2.69. The van der Waals surface area contributed by atoms with Crippen LogP contribution in [0, 0.1) is 13.8 Å². The number of fused-ring (bicyclic) bond motifs is 9. The van der Waals surface area contributed by atoms with E-state index < -0.39 is 53.1 Å². The van der Waals surface area contributed by atoms with Crippen LogP contribution in [0.3, 0.4) is 0 Å². The van der Waals surface area contributed by atoms with Crippen molar-refractivity contribution in [2.24, 2.45) is 0 Å². The van der Waals surface area contributed by atoms with E-state index in [0.29, 0.717) is 70.2 Å². The molecule has 15 heteroatoms. The number of benzene rings is 3. The third kappa shape index (κ3) is 4.80. The molecule has 53 heavy (non-hydrogen) atoms. The Bertz CT molecular complexity index is 2090. The molecule has 14 nitrogen and oxygen atoms in total. The van der Waals surface area contributed by atoms with Crippen molar-refractivity contribution in [3.8, 4) is 40.2 Å². The Hall–Kier alpha value is -4.41. The van der Waals surface area contributed by atoms with Crippen molar-refractivity contribution in [3.63, 3.8) is 0 Å². The summed E-state index contributed by atoms with van der Waals surface area (Å²) in [6.07, 6.45) is -0.0673. The zero-order valence-corrected chi connectivity index (χ0v) is 30.7. The molecule has 1 spiro atoms. The molecule has 10 rings (SSSR count). The zero-order chi connectivity index (χ0) is 37.1. The Kier molecular flexibility index (Phi) is 7.98. The van der Waals surface area contributed by atoms with Gasteiger partial charge in [0.15, 0.2) is 40.0 Å². The fourth-order valence-electron chi connectivity index (χ4n) is 9.60. The highest BCUT2D eigenvalue weighted by Gasteiger charge is 2.60. The minimum atomic E-state index is -1.36. The molecule has 3 aromatic carbocycles. The number of hydrogen-bond acceptors (Lipinski definition) is 15. The van der Waals surface area contributed by atoms with Gasteiger partial charge in [0.25, 0.3) is 0 Å². The summed E-state index contributed by atoms with van der Waals surface area (Å²) in [6.45, 7) is 5.23. The number of hydrogen-bond donors (Lipinski definition) is 5.